The fourth-order valence-electron chi connectivity index (χ4n) is 1.85. The third kappa shape index (κ3) is 3.68. The van der Waals surface area contributed by atoms with E-state index in [9.17, 15) is 4.79 Å². The Labute approximate surface area is 91.6 Å². The minimum Gasteiger partial charge on any atom is -0.337 e. The molecular formula is C10H22N4O. The van der Waals surface area contributed by atoms with E-state index in [-0.39, 0.29) is 6.03 Å². The number of amides is 2. The van der Waals surface area contributed by atoms with Crippen molar-refractivity contribution in [1.82, 2.24) is 15.1 Å². The molecule has 1 aliphatic rings. The van der Waals surface area contributed by atoms with Crippen molar-refractivity contribution in [3.63, 3.8) is 0 Å². The average molecular weight is 214 g/mol. The van der Waals surface area contributed by atoms with E-state index in [0.29, 0.717) is 19.1 Å². The van der Waals surface area contributed by atoms with Crippen LogP contribution in [0.25, 0.3) is 0 Å². The predicted octanol–water partition coefficient (Wildman–Crippen LogP) is -0.319. The molecule has 0 spiro atoms. The third-order valence-electron chi connectivity index (χ3n) is 2.98. The lowest BCUT2D eigenvalue weighted by molar-refractivity contribution is 0.148. The van der Waals surface area contributed by atoms with Gasteiger partial charge in [-0.25, -0.2) is 4.79 Å². The topological polar surface area (TPSA) is 61.6 Å². The summed E-state index contributed by atoms with van der Waals surface area (Å²) in [6, 6.07) is 0.369. The highest BCUT2D eigenvalue weighted by atomic mass is 16.2. The molecule has 0 aliphatic carbocycles. The van der Waals surface area contributed by atoms with Gasteiger partial charge in [-0.1, -0.05) is 0 Å². The standard InChI is InChI=1S/C10H22N4O/c1-13-7-3-9(4-8-13)14(2)10(15)12-6-5-11/h9H,3-8,11H2,1-2H3,(H,12,15). The molecule has 2 amide bonds. The number of rotatable bonds is 3. The van der Waals surface area contributed by atoms with E-state index >= 15 is 0 Å². The monoisotopic (exact) mass is 214 g/mol. The number of hydrogen-bond acceptors (Lipinski definition) is 3. The smallest absolute Gasteiger partial charge is 0.317 e. The van der Waals surface area contributed by atoms with E-state index in [1.807, 2.05) is 11.9 Å². The molecule has 88 valence electrons. The molecule has 0 radical (unpaired) electrons. The van der Waals surface area contributed by atoms with E-state index in [0.717, 1.165) is 25.9 Å². The van der Waals surface area contributed by atoms with E-state index in [4.69, 9.17) is 5.73 Å². The molecule has 3 N–H and O–H groups in total. The molecule has 0 saturated carbocycles. The molecule has 15 heavy (non-hydrogen) atoms. The average Bonchev–Trinajstić information content (AvgIpc) is 2.26. The zero-order valence-corrected chi connectivity index (χ0v) is 9.70. The van der Waals surface area contributed by atoms with Gasteiger partial charge in [-0.15, -0.1) is 0 Å². The van der Waals surface area contributed by atoms with Crippen LogP contribution in [0.5, 0.6) is 0 Å². The molecular weight excluding hydrogens is 192 g/mol. The predicted molar refractivity (Wildman–Crippen MR) is 60.7 cm³/mol. The number of urea groups is 1. The van der Waals surface area contributed by atoms with Crippen LogP contribution in [-0.4, -0.2) is 62.1 Å². The van der Waals surface area contributed by atoms with Crippen molar-refractivity contribution in [2.45, 2.75) is 18.9 Å². The Kier molecular flexibility index (Phi) is 4.84. The van der Waals surface area contributed by atoms with Gasteiger partial charge in [0.15, 0.2) is 0 Å². The first-order chi connectivity index (χ1) is 7.15. The molecule has 0 bridgehead atoms. The summed E-state index contributed by atoms with van der Waals surface area (Å²) in [6.45, 7) is 3.18. The Morgan fingerprint density at radius 2 is 2.13 bits per heavy atom. The van der Waals surface area contributed by atoms with E-state index in [2.05, 4.69) is 17.3 Å². The molecule has 0 aromatic heterocycles. The van der Waals surface area contributed by atoms with Crippen LogP contribution in [0.3, 0.4) is 0 Å². The maximum absolute atomic E-state index is 11.6. The number of piperidine rings is 1. The van der Waals surface area contributed by atoms with Crippen molar-refractivity contribution in [1.29, 1.82) is 0 Å². The first-order valence-electron chi connectivity index (χ1n) is 5.54. The minimum absolute atomic E-state index is 0.00463. The third-order valence-corrected chi connectivity index (χ3v) is 2.98. The van der Waals surface area contributed by atoms with Gasteiger partial charge in [0, 0.05) is 26.2 Å². The fraction of sp³-hybridized carbons (Fsp3) is 0.900. The summed E-state index contributed by atoms with van der Waals surface area (Å²) < 4.78 is 0. The van der Waals surface area contributed by atoms with Crippen LogP contribution >= 0.6 is 0 Å². The number of carbonyl (C=O) groups excluding carboxylic acids is 1. The van der Waals surface area contributed by atoms with E-state index < -0.39 is 0 Å². The SMILES string of the molecule is CN1CCC(N(C)C(=O)NCCN)CC1. The number of carbonyl (C=O) groups is 1. The fourth-order valence-corrected chi connectivity index (χ4v) is 1.85. The summed E-state index contributed by atoms with van der Waals surface area (Å²) in [5.41, 5.74) is 5.33. The number of nitrogens with two attached hydrogens (primary N) is 1. The first-order valence-corrected chi connectivity index (χ1v) is 5.54. The molecule has 5 heteroatoms. The molecule has 1 fully saturated rings. The van der Waals surface area contributed by atoms with Gasteiger partial charge in [0.1, 0.15) is 0 Å². The maximum Gasteiger partial charge on any atom is 0.317 e. The summed E-state index contributed by atoms with van der Waals surface area (Å²) in [4.78, 5) is 15.7. The maximum atomic E-state index is 11.6. The Morgan fingerprint density at radius 1 is 1.53 bits per heavy atom. The molecule has 5 nitrogen and oxygen atoms in total. The van der Waals surface area contributed by atoms with Crippen molar-refractivity contribution in [2.24, 2.45) is 5.73 Å². The van der Waals surface area contributed by atoms with E-state index in [1.54, 1.807) is 0 Å². The zero-order valence-electron chi connectivity index (χ0n) is 9.70. The van der Waals surface area contributed by atoms with Crippen molar-refractivity contribution in [2.75, 3.05) is 40.3 Å². The highest BCUT2D eigenvalue weighted by Gasteiger charge is 2.23. The number of hydrogen-bond donors (Lipinski definition) is 2. The molecule has 0 atom stereocenters. The Bertz CT molecular complexity index is 202. The van der Waals surface area contributed by atoms with Crippen LogP contribution in [0, 0.1) is 0 Å². The zero-order chi connectivity index (χ0) is 11.3. The summed E-state index contributed by atoms with van der Waals surface area (Å²) in [6.07, 6.45) is 2.12. The molecule has 1 rings (SSSR count). The largest absolute Gasteiger partial charge is 0.337 e. The molecule has 1 aliphatic heterocycles. The van der Waals surface area contributed by atoms with Crippen LogP contribution in [0.4, 0.5) is 4.79 Å². The van der Waals surface area contributed by atoms with Crippen LogP contribution in [0.2, 0.25) is 0 Å². The second-order valence-electron chi connectivity index (χ2n) is 4.17. The second kappa shape index (κ2) is 5.92. The quantitative estimate of drug-likeness (QED) is 0.677. The van der Waals surface area contributed by atoms with Crippen LogP contribution < -0.4 is 11.1 Å². The molecule has 1 saturated heterocycles. The van der Waals surface area contributed by atoms with Crippen LogP contribution in [0.1, 0.15) is 12.8 Å². The van der Waals surface area contributed by atoms with Gasteiger partial charge in [0.05, 0.1) is 0 Å². The Hall–Kier alpha value is -0.810. The summed E-state index contributed by atoms with van der Waals surface area (Å²) in [5, 5.41) is 2.79. The number of nitrogens with zero attached hydrogens (tertiary/aromatic N) is 2. The summed E-state index contributed by atoms with van der Waals surface area (Å²) in [7, 11) is 3.98. The van der Waals surface area contributed by atoms with Crippen LogP contribution in [-0.2, 0) is 0 Å². The first kappa shape index (κ1) is 12.3. The molecule has 0 aromatic rings. The van der Waals surface area contributed by atoms with Crippen molar-refractivity contribution in [3.05, 3.63) is 0 Å². The van der Waals surface area contributed by atoms with Gasteiger partial charge in [0.2, 0.25) is 0 Å². The van der Waals surface area contributed by atoms with Gasteiger partial charge < -0.3 is 20.9 Å². The van der Waals surface area contributed by atoms with Crippen molar-refractivity contribution < 1.29 is 4.79 Å². The van der Waals surface area contributed by atoms with Gasteiger partial charge in [-0.2, -0.15) is 0 Å². The molecule has 1 heterocycles. The lowest BCUT2D eigenvalue weighted by Crippen LogP contribution is -2.48. The van der Waals surface area contributed by atoms with Gasteiger partial charge in [-0.3, -0.25) is 0 Å². The number of nitrogens with one attached hydrogen (secondary N) is 1. The second-order valence-corrected chi connectivity index (χ2v) is 4.17. The lowest BCUT2D eigenvalue weighted by Gasteiger charge is -2.35. The van der Waals surface area contributed by atoms with E-state index in [1.165, 1.54) is 0 Å². The van der Waals surface area contributed by atoms with Gasteiger partial charge in [0.25, 0.3) is 0 Å². The Balaban J connectivity index is 2.32. The van der Waals surface area contributed by atoms with Gasteiger partial charge in [-0.05, 0) is 33.0 Å². The normalized spacial score (nSPS) is 18.9. The highest BCUT2D eigenvalue weighted by Crippen LogP contribution is 2.13. The number of likely N-dealkylation sites (tertiary alicyclic amines) is 1. The van der Waals surface area contributed by atoms with Crippen molar-refractivity contribution >= 4 is 6.03 Å². The summed E-state index contributed by atoms with van der Waals surface area (Å²) >= 11 is 0. The lowest BCUT2D eigenvalue weighted by atomic mass is 10.0. The Morgan fingerprint density at radius 3 is 2.67 bits per heavy atom. The highest BCUT2D eigenvalue weighted by molar-refractivity contribution is 5.74. The molecule has 0 aromatic carbocycles. The van der Waals surface area contributed by atoms with Crippen molar-refractivity contribution in [3.8, 4) is 0 Å². The van der Waals surface area contributed by atoms with Gasteiger partial charge >= 0.3 is 6.03 Å². The molecule has 0 unspecified atom stereocenters. The minimum atomic E-state index is -0.00463. The van der Waals surface area contributed by atoms with Crippen LogP contribution in [0.15, 0.2) is 0 Å². The summed E-state index contributed by atoms with van der Waals surface area (Å²) in [5.74, 6) is 0.